The van der Waals surface area contributed by atoms with Crippen molar-refractivity contribution in [3.05, 3.63) is 35.6 Å². The van der Waals surface area contributed by atoms with E-state index in [0.29, 0.717) is 25.4 Å². The van der Waals surface area contributed by atoms with Gasteiger partial charge >= 0.3 is 6.09 Å². The molecule has 1 N–H and O–H groups in total. The number of piperidine rings is 1. The maximum atomic E-state index is 13.0. The zero-order valence-corrected chi connectivity index (χ0v) is 13.5. The molecule has 2 aliphatic heterocycles. The van der Waals surface area contributed by atoms with Crippen LogP contribution < -0.4 is 5.32 Å². The number of likely N-dealkylation sites (tertiary alicyclic amines) is 1. The molecule has 5 nitrogen and oxygen atoms in total. The first-order valence-corrected chi connectivity index (χ1v) is 8.54. The van der Waals surface area contributed by atoms with E-state index in [2.05, 4.69) is 5.32 Å². The van der Waals surface area contributed by atoms with Gasteiger partial charge in [-0.3, -0.25) is 4.79 Å². The number of cyclic esters (lactones) is 1. The van der Waals surface area contributed by atoms with Gasteiger partial charge in [-0.15, -0.1) is 0 Å². The van der Waals surface area contributed by atoms with Crippen LogP contribution in [-0.4, -0.2) is 42.1 Å². The number of carbonyl (C=O) groups excluding carboxylic acids is 2. The third-order valence-corrected chi connectivity index (χ3v) is 5.62. The predicted octanol–water partition coefficient (Wildman–Crippen LogP) is 2.42. The van der Waals surface area contributed by atoms with Gasteiger partial charge in [0.05, 0.1) is 5.54 Å². The molecule has 2 saturated heterocycles. The molecule has 2 amide bonds. The first-order chi connectivity index (χ1) is 11.5. The number of halogens is 1. The molecule has 1 aromatic carbocycles. The van der Waals surface area contributed by atoms with Crippen LogP contribution in [0.4, 0.5) is 9.18 Å². The second-order valence-corrected chi connectivity index (χ2v) is 7.24. The number of alkyl carbamates (subject to hydrolysis) is 1. The second kappa shape index (κ2) is 5.76. The normalized spacial score (nSPS) is 30.0. The molecule has 2 heterocycles. The van der Waals surface area contributed by atoms with Crippen molar-refractivity contribution in [2.45, 2.75) is 37.1 Å². The molecular formula is C18H21FN2O3. The molecule has 0 atom stereocenters. The van der Waals surface area contributed by atoms with Crippen LogP contribution in [0, 0.1) is 11.7 Å². The lowest BCUT2D eigenvalue weighted by Gasteiger charge is -2.45. The van der Waals surface area contributed by atoms with Crippen molar-refractivity contribution in [2.75, 3.05) is 19.7 Å². The summed E-state index contributed by atoms with van der Waals surface area (Å²) < 4.78 is 18.0. The van der Waals surface area contributed by atoms with Crippen LogP contribution in [0.5, 0.6) is 0 Å². The number of hydrogen-bond acceptors (Lipinski definition) is 3. The molecule has 0 unspecified atom stereocenters. The summed E-state index contributed by atoms with van der Waals surface area (Å²) in [6, 6.07) is 6.68. The highest BCUT2D eigenvalue weighted by atomic mass is 19.1. The van der Waals surface area contributed by atoms with Crippen molar-refractivity contribution in [1.29, 1.82) is 0 Å². The fourth-order valence-corrected chi connectivity index (χ4v) is 4.20. The fraction of sp³-hybridized carbons (Fsp3) is 0.556. The summed E-state index contributed by atoms with van der Waals surface area (Å²) in [6.45, 7) is 1.86. The van der Waals surface area contributed by atoms with Crippen molar-refractivity contribution in [2.24, 2.45) is 5.92 Å². The van der Waals surface area contributed by atoms with Crippen LogP contribution >= 0.6 is 0 Å². The monoisotopic (exact) mass is 332 g/mol. The summed E-state index contributed by atoms with van der Waals surface area (Å²) in [5.74, 6) is 0.367. The largest absolute Gasteiger partial charge is 0.447 e. The third kappa shape index (κ3) is 2.74. The molecule has 24 heavy (non-hydrogen) atoms. The SMILES string of the molecule is O=C1NC2(CO1)CC(C(=O)N1CCC(c3ccc(F)cc3)CC1)C2. The van der Waals surface area contributed by atoms with Crippen LogP contribution in [0.2, 0.25) is 0 Å². The molecule has 128 valence electrons. The fourth-order valence-electron chi connectivity index (χ4n) is 4.20. The van der Waals surface area contributed by atoms with E-state index in [9.17, 15) is 14.0 Å². The van der Waals surface area contributed by atoms with E-state index in [-0.39, 0.29) is 29.3 Å². The molecule has 0 bridgehead atoms. The highest BCUT2D eigenvalue weighted by molar-refractivity contribution is 5.81. The number of ether oxygens (including phenoxy) is 1. The van der Waals surface area contributed by atoms with Gasteiger partial charge in [-0.2, -0.15) is 0 Å². The topological polar surface area (TPSA) is 58.6 Å². The quantitative estimate of drug-likeness (QED) is 0.905. The van der Waals surface area contributed by atoms with Crippen LogP contribution in [0.3, 0.4) is 0 Å². The summed E-state index contributed by atoms with van der Waals surface area (Å²) in [5, 5.41) is 2.83. The molecule has 4 rings (SSSR count). The Morgan fingerprint density at radius 1 is 1.21 bits per heavy atom. The average molecular weight is 332 g/mol. The number of benzene rings is 1. The number of carbonyl (C=O) groups is 2. The van der Waals surface area contributed by atoms with E-state index >= 15 is 0 Å². The number of nitrogens with zero attached hydrogens (tertiary/aromatic N) is 1. The van der Waals surface area contributed by atoms with Crippen LogP contribution in [0.15, 0.2) is 24.3 Å². The molecule has 1 aromatic rings. The Bertz CT molecular complexity index is 647. The van der Waals surface area contributed by atoms with Gasteiger partial charge in [0.2, 0.25) is 5.91 Å². The highest BCUT2D eigenvalue weighted by Crippen LogP contribution is 2.42. The van der Waals surface area contributed by atoms with E-state index in [0.717, 1.165) is 31.5 Å². The van der Waals surface area contributed by atoms with Gasteiger partial charge in [0.25, 0.3) is 0 Å². The van der Waals surface area contributed by atoms with Crippen molar-refractivity contribution in [3.8, 4) is 0 Å². The minimum absolute atomic E-state index is 0.00521. The lowest BCUT2D eigenvalue weighted by molar-refractivity contribution is -0.142. The molecule has 6 heteroatoms. The Morgan fingerprint density at radius 2 is 1.88 bits per heavy atom. The van der Waals surface area contributed by atoms with E-state index < -0.39 is 0 Å². The summed E-state index contributed by atoms with van der Waals surface area (Å²) in [6.07, 6.45) is 2.80. The Morgan fingerprint density at radius 3 is 2.46 bits per heavy atom. The van der Waals surface area contributed by atoms with Gasteiger partial charge in [-0.1, -0.05) is 12.1 Å². The Hall–Kier alpha value is -2.11. The molecule has 1 aliphatic carbocycles. The van der Waals surface area contributed by atoms with E-state index in [1.807, 2.05) is 17.0 Å². The minimum Gasteiger partial charge on any atom is -0.447 e. The standard InChI is InChI=1S/C18H21FN2O3/c19-15-3-1-12(2-4-15)13-5-7-21(8-6-13)16(22)14-9-18(10-14)11-24-17(23)20-18/h1-4,13-14H,5-11H2,(H,20,23). The van der Waals surface area contributed by atoms with E-state index in [4.69, 9.17) is 4.74 Å². The smallest absolute Gasteiger partial charge is 0.407 e. The second-order valence-electron chi connectivity index (χ2n) is 7.24. The number of hydrogen-bond donors (Lipinski definition) is 1. The zero-order chi connectivity index (χ0) is 16.7. The average Bonchev–Trinajstić information content (AvgIpc) is 2.96. The molecule has 1 saturated carbocycles. The molecule has 0 radical (unpaired) electrons. The van der Waals surface area contributed by atoms with Crippen molar-refractivity contribution in [3.63, 3.8) is 0 Å². The van der Waals surface area contributed by atoms with Crippen LogP contribution in [0.1, 0.15) is 37.2 Å². The molecule has 0 aromatic heterocycles. The molecule has 1 spiro atoms. The Labute approximate surface area is 140 Å². The first kappa shape index (κ1) is 15.4. The molecule has 3 aliphatic rings. The number of rotatable bonds is 2. The van der Waals surface area contributed by atoms with Crippen LogP contribution in [-0.2, 0) is 9.53 Å². The third-order valence-electron chi connectivity index (χ3n) is 5.62. The minimum atomic E-state index is -0.374. The zero-order valence-electron chi connectivity index (χ0n) is 13.5. The van der Waals surface area contributed by atoms with E-state index in [1.165, 1.54) is 12.1 Å². The molecule has 3 fully saturated rings. The lowest BCUT2D eigenvalue weighted by Crippen LogP contribution is -2.58. The summed E-state index contributed by atoms with van der Waals surface area (Å²) in [7, 11) is 0. The molecular weight excluding hydrogens is 311 g/mol. The first-order valence-electron chi connectivity index (χ1n) is 8.54. The summed E-state index contributed by atoms with van der Waals surface area (Å²) >= 11 is 0. The maximum absolute atomic E-state index is 13.0. The van der Waals surface area contributed by atoms with Gasteiger partial charge in [0.1, 0.15) is 12.4 Å². The summed E-state index contributed by atoms with van der Waals surface area (Å²) in [5.41, 5.74) is 0.848. The Kier molecular flexibility index (Phi) is 3.70. The maximum Gasteiger partial charge on any atom is 0.407 e. The van der Waals surface area contributed by atoms with Gasteiger partial charge < -0.3 is 15.0 Å². The summed E-state index contributed by atoms with van der Waals surface area (Å²) in [4.78, 5) is 25.7. The van der Waals surface area contributed by atoms with Gasteiger partial charge in [0, 0.05) is 19.0 Å². The highest BCUT2D eigenvalue weighted by Gasteiger charge is 2.53. The van der Waals surface area contributed by atoms with Crippen molar-refractivity contribution in [1.82, 2.24) is 10.2 Å². The van der Waals surface area contributed by atoms with Crippen LogP contribution in [0.25, 0.3) is 0 Å². The number of amides is 2. The Balaban J connectivity index is 1.29. The van der Waals surface area contributed by atoms with Gasteiger partial charge in [-0.05, 0) is 49.3 Å². The van der Waals surface area contributed by atoms with Gasteiger partial charge in [0.15, 0.2) is 0 Å². The van der Waals surface area contributed by atoms with E-state index in [1.54, 1.807) is 0 Å². The van der Waals surface area contributed by atoms with Crippen molar-refractivity contribution < 1.29 is 18.7 Å². The van der Waals surface area contributed by atoms with Crippen molar-refractivity contribution >= 4 is 12.0 Å². The predicted molar refractivity (Wildman–Crippen MR) is 84.9 cm³/mol. The lowest BCUT2D eigenvalue weighted by atomic mass is 9.68. The number of nitrogens with one attached hydrogen (secondary N) is 1. The van der Waals surface area contributed by atoms with Gasteiger partial charge in [-0.25, -0.2) is 9.18 Å².